The van der Waals surface area contributed by atoms with Crippen molar-refractivity contribution in [3.05, 3.63) is 40.5 Å². The minimum Gasteiger partial charge on any atom is -0.425 e. The molecule has 0 radical (unpaired) electrons. The van der Waals surface area contributed by atoms with Gasteiger partial charge in [-0.25, -0.2) is 4.79 Å². The Bertz CT molecular complexity index is 600. The van der Waals surface area contributed by atoms with Gasteiger partial charge < -0.3 is 9.47 Å². The number of hydrogen-bond donors (Lipinski definition) is 0. The molecule has 2 atom stereocenters. The lowest BCUT2D eigenvalue weighted by Gasteiger charge is -2.37. The first-order valence-corrected chi connectivity index (χ1v) is 6.59. The van der Waals surface area contributed by atoms with E-state index >= 15 is 0 Å². The van der Waals surface area contributed by atoms with Gasteiger partial charge >= 0.3 is 5.97 Å². The molecule has 0 N–H and O–H groups in total. The number of fused-ring (bicyclic) bond motifs is 3. The maximum Gasteiger partial charge on any atom is 0.337 e. The molecule has 2 aliphatic rings. The van der Waals surface area contributed by atoms with Gasteiger partial charge in [-0.1, -0.05) is 30.7 Å². The zero-order valence-electron chi connectivity index (χ0n) is 11.7. The molecule has 1 aromatic carbocycles. The minimum atomic E-state index is -0.888. The molecule has 100 valence electrons. The average molecular weight is 258 g/mol. The standard InChI is InChI=1S/C16H18O3/c1-9-5-6-12-10(2)8-16(18-4)14(13(12)7-9)11(3)15(17)19-16/h5-7,10H,8H2,1-4H3. The van der Waals surface area contributed by atoms with Gasteiger partial charge in [-0.15, -0.1) is 0 Å². The van der Waals surface area contributed by atoms with E-state index in [4.69, 9.17) is 9.47 Å². The van der Waals surface area contributed by atoms with E-state index in [0.717, 1.165) is 11.1 Å². The summed E-state index contributed by atoms with van der Waals surface area (Å²) >= 11 is 0. The molecule has 3 heteroatoms. The molecule has 19 heavy (non-hydrogen) atoms. The minimum absolute atomic E-state index is 0.265. The summed E-state index contributed by atoms with van der Waals surface area (Å²) in [5.74, 6) is -0.849. The molecule has 0 saturated carbocycles. The predicted octanol–water partition coefficient (Wildman–Crippen LogP) is 3.18. The van der Waals surface area contributed by atoms with Crippen LogP contribution in [0, 0.1) is 6.92 Å². The molecule has 3 rings (SSSR count). The van der Waals surface area contributed by atoms with Crippen LogP contribution in [-0.2, 0) is 14.3 Å². The number of ether oxygens (including phenoxy) is 2. The highest BCUT2D eigenvalue weighted by Gasteiger charge is 2.51. The summed E-state index contributed by atoms with van der Waals surface area (Å²) in [6.45, 7) is 6.02. The van der Waals surface area contributed by atoms with E-state index < -0.39 is 5.79 Å². The average Bonchev–Trinajstić information content (AvgIpc) is 2.62. The van der Waals surface area contributed by atoms with E-state index in [1.165, 1.54) is 11.1 Å². The molecule has 1 aromatic rings. The number of benzene rings is 1. The largest absolute Gasteiger partial charge is 0.425 e. The van der Waals surface area contributed by atoms with Crippen molar-refractivity contribution in [2.24, 2.45) is 0 Å². The normalized spacial score (nSPS) is 29.1. The molecule has 0 amide bonds. The van der Waals surface area contributed by atoms with Crippen LogP contribution in [0.2, 0.25) is 0 Å². The van der Waals surface area contributed by atoms with E-state index in [0.29, 0.717) is 17.9 Å². The molecule has 1 aliphatic carbocycles. The van der Waals surface area contributed by atoms with Crippen LogP contribution in [-0.4, -0.2) is 18.9 Å². The van der Waals surface area contributed by atoms with Crippen molar-refractivity contribution >= 4 is 11.5 Å². The summed E-state index contributed by atoms with van der Waals surface area (Å²) in [6.07, 6.45) is 0.679. The summed E-state index contributed by atoms with van der Waals surface area (Å²) in [6, 6.07) is 6.39. The van der Waals surface area contributed by atoms with Crippen molar-refractivity contribution in [1.29, 1.82) is 0 Å². The van der Waals surface area contributed by atoms with Gasteiger partial charge in [-0.2, -0.15) is 0 Å². The summed E-state index contributed by atoms with van der Waals surface area (Å²) in [5, 5.41) is 0. The van der Waals surface area contributed by atoms with Gasteiger partial charge in [0.2, 0.25) is 5.79 Å². The first-order chi connectivity index (χ1) is 8.98. The summed E-state index contributed by atoms with van der Waals surface area (Å²) in [4.78, 5) is 11.9. The molecular weight excluding hydrogens is 240 g/mol. The maximum atomic E-state index is 11.9. The fourth-order valence-electron chi connectivity index (χ4n) is 3.27. The van der Waals surface area contributed by atoms with Crippen LogP contribution in [0.1, 0.15) is 42.9 Å². The monoisotopic (exact) mass is 258 g/mol. The van der Waals surface area contributed by atoms with E-state index in [1.807, 2.05) is 6.92 Å². The molecule has 0 aromatic heterocycles. The Kier molecular flexibility index (Phi) is 2.58. The number of esters is 1. The third-order valence-electron chi connectivity index (χ3n) is 4.23. The number of aryl methyl sites for hydroxylation is 1. The lowest BCUT2D eigenvalue weighted by molar-refractivity contribution is -0.189. The van der Waals surface area contributed by atoms with Crippen LogP contribution in [0.5, 0.6) is 0 Å². The molecule has 0 spiro atoms. The Hall–Kier alpha value is -1.61. The molecule has 1 aliphatic heterocycles. The summed E-state index contributed by atoms with van der Waals surface area (Å²) in [7, 11) is 1.61. The van der Waals surface area contributed by atoms with Crippen LogP contribution in [0.4, 0.5) is 0 Å². The topological polar surface area (TPSA) is 35.5 Å². The Labute approximate surface area is 113 Å². The van der Waals surface area contributed by atoms with Crippen LogP contribution >= 0.6 is 0 Å². The van der Waals surface area contributed by atoms with Crippen LogP contribution in [0.25, 0.3) is 5.57 Å². The zero-order chi connectivity index (χ0) is 13.8. The van der Waals surface area contributed by atoms with Crippen molar-refractivity contribution in [3.8, 4) is 0 Å². The molecular formula is C16H18O3. The van der Waals surface area contributed by atoms with Crippen molar-refractivity contribution in [3.63, 3.8) is 0 Å². The molecule has 0 bridgehead atoms. The smallest absolute Gasteiger partial charge is 0.337 e. The Morgan fingerprint density at radius 1 is 1.37 bits per heavy atom. The second-order valence-electron chi connectivity index (χ2n) is 5.54. The molecule has 0 saturated heterocycles. The predicted molar refractivity (Wildman–Crippen MR) is 72.6 cm³/mol. The quantitative estimate of drug-likeness (QED) is 0.726. The van der Waals surface area contributed by atoms with Gasteiger partial charge in [-0.05, 0) is 30.9 Å². The number of methoxy groups -OCH3 is 1. The van der Waals surface area contributed by atoms with Gasteiger partial charge in [0.05, 0.1) is 0 Å². The van der Waals surface area contributed by atoms with Crippen LogP contribution < -0.4 is 0 Å². The van der Waals surface area contributed by atoms with E-state index in [2.05, 4.69) is 32.0 Å². The number of carbonyl (C=O) groups is 1. The highest BCUT2D eigenvalue weighted by atomic mass is 16.7. The second-order valence-corrected chi connectivity index (χ2v) is 5.54. The number of rotatable bonds is 1. The van der Waals surface area contributed by atoms with Crippen LogP contribution in [0.15, 0.2) is 23.8 Å². The van der Waals surface area contributed by atoms with Gasteiger partial charge in [0.1, 0.15) is 0 Å². The molecule has 0 fully saturated rings. The van der Waals surface area contributed by atoms with Crippen molar-refractivity contribution in [2.45, 2.75) is 38.9 Å². The third kappa shape index (κ3) is 1.58. The van der Waals surface area contributed by atoms with E-state index in [1.54, 1.807) is 7.11 Å². The first kappa shape index (κ1) is 12.4. The lowest BCUT2D eigenvalue weighted by Crippen LogP contribution is -2.38. The van der Waals surface area contributed by atoms with Gasteiger partial charge in [0.15, 0.2) is 0 Å². The van der Waals surface area contributed by atoms with Gasteiger partial charge in [0, 0.05) is 24.7 Å². The maximum absolute atomic E-state index is 11.9. The molecule has 2 unspecified atom stereocenters. The van der Waals surface area contributed by atoms with Crippen molar-refractivity contribution in [1.82, 2.24) is 0 Å². The van der Waals surface area contributed by atoms with E-state index in [9.17, 15) is 4.79 Å². The zero-order valence-corrected chi connectivity index (χ0v) is 11.7. The Balaban J connectivity index is 2.31. The van der Waals surface area contributed by atoms with Crippen molar-refractivity contribution < 1.29 is 14.3 Å². The lowest BCUT2D eigenvalue weighted by atomic mass is 9.76. The Morgan fingerprint density at radius 2 is 2.11 bits per heavy atom. The fourth-order valence-corrected chi connectivity index (χ4v) is 3.27. The number of carbonyl (C=O) groups excluding carboxylic acids is 1. The van der Waals surface area contributed by atoms with Gasteiger partial charge in [-0.3, -0.25) is 0 Å². The van der Waals surface area contributed by atoms with Crippen LogP contribution in [0.3, 0.4) is 0 Å². The highest BCUT2D eigenvalue weighted by Crippen LogP contribution is 2.51. The third-order valence-corrected chi connectivity index (χ3v) is 4.23. The molecule has 3 nitrogen and oxygen atoms in total. The summed E-state index contributed by atoms with van der Waals surface area (Å²) < 4.78 is 11.2. The van der Waals surface area contributed by atoms with Crippen molar-refractivity contribution in [2.75, 3.05) is 7.11 Å². The number of hydrogen-bond acceptors (Lipinski definition) is 3. The fraction of sp³-hybridized carbons (Fsp3) is 0.438. The highest BCUT2D eigenvalue weighted by molar-refractivity contribution is 6.04. The molecule has 1 heterocycles. The van der Waals surface area contributed by atoms with Gasteiger partial charge in [0.25, 0.3) is 0 Å². The summed E-state index contributed by atoms with van der Waals surface area (Å²) in [5.41, 5.74) is 5.13. The van der Waals surface area contributed by atoms with E-state index in [-0.39, 0.29) is 5.97 Å². The first-order valence-electron chi connectivity index (χ1n) is 6.59. The SMILES string of the molecule is COC12CC(C)c3ccc(C)cc3C1=C(C)C(=O)O2. The second kappa shape index (κ2) is 3.94. The Morgan fingerprint density at radius 3 is 2.79 bits per heavy atom.